The lowest BCUT2D eigenvalue weighted by Gasteiger charge is -2.25. The summed E-state index contributed by atoms with van der Waals surface area (Å²) in [5.41, 5.74) is 7.67. The van der Waals surface area contributed by atoms with Crippen LogP contribution in [-0.2, 0) is 17.3 Å². The highest BCUT2D eigenvalue weighted by Crippen LogP contribution is 2.45. The maximum absolute atomic E-state index is 12.9. The number of amides is 2. The van der Waals surface area contributed by atoms with Gasteiger partial charge < -0.3 is 5.32 Å². The number of para-hydroxylation sites is 1. The monoisotopic (exact) mass is 505 g/mol. The van der Waals surface area contributed by atoms with Crippen LogP contribution in [0.4, 0.5) is 16.4 Å². The summed E-state index contributed by atoms with van der Waals surface area (Å²) in [7, 11) is 0. The van der Waals surface area contributed by atoms with Gasteiger partial charge in [-0.25, -0.2) is 14.5 Å². The second-order valence-corrected chi connectivity index (χ2v) is 11.6. The molecule has 0 radical (unpaired) electrons. The molecular weight excluding hydrogens is 470 g/mol. The van der Waals surface area contributed by atoms with Crippen molar-refractivity contribution in [3.8, 4) is 11.3 Å². The standard InChI is InChI=1S/C32H35N5O/c1-31(2,3)23-18-26(25-16-17-32(4,5)27(25)19-23)28-21-37(33-20-22-12-8-6-9-13-22)29(35-28)36-30(38)34-24-14-10-7-11-15-24/h6-15,18-21H,16-17H2,1-5H3,(H2,34,35,36,38)/b33-20+. The Morgan fingerprint density at radius 2 is 1.68 bits per heavy atom. The smallest absolute Gasteiger partial charge is 0.308 e. The van der Waals surface area contributed by atoms with Crippen LogP contribution in [0.2, 0.25) is 0 Å². The van der Waals surface area contributed by atoms with Gasteiger partial charge in [0.1, 0.15) is 0 Å². The number of anilines is 2. The molecule has 0 unspecified atom stereocenters. The Labute approximate surface area is 224 Å². The Hall–Kier alpha value is -4.19. The van der Waals surface area contributed by atoms with Gasteiger partial charge in [0.25, 0.3) is 0 Å². The lowest BCUT2D eigenvalue weighted by atomic mass is 9.79. The van der Waals surface area contributed by atoms with Gasteiger partial charge >= 0.3 is 6.03 Å². The molecule has 0 saturated heterocycles. The molecular formula is C32H35N5O. The minimum Gasteiger partial charge on any atom is -0.308 e. The summed E-state index contributed by atoms with van der Waals surface area (Å²) in [4.78, 5) is 17.8. The van der Waals surface area contributed by atoms with Crippen LogP contribution in [-0.4, -0.2) is 21.9 Å². The van der Waals surface area contributed by atoms with Crippen LogP contribution in [0.3, 0.4) is 0 Å². The highest BCUT2D eigenvalue weighted by atomic mass is 16.2. The number of carbonyl (C=O) groups is 1. The van der Waals surface area contributed by atoms with Gasteiger partial charge in [-0.05, 0) is 64.1 Å². The lowest BCUT2D eigenvalue weighted by molar-refractivity contribution is 0.262. The molecule has 0 fully saturated rings. The third kappa shape index (κ3) is 5.40. The Bertz CT molecular complexity index is 1480. The molecule has 1 aliphatic rings. The van der Waals surface area contributed by atoms with E-state index in [1.807, 2.05) is 66.9 Å². The van der Waals surface area contributed by atoms with Gasteiger partial charge in [-0.3, -0.25) is 5.32 Å². The molecule has 6 heteroatoms. The molecule has 0 saturated carbocycles. The summed E-state index contributed by atoms with van der Waals surface area (Å²) in [6.45, 7) is 11.4. The highest BCUT2D eigenvalue weighted by molar-refractivity contribution is 5.99. The first-order valence-electron chi connectivity index (χ1n) is 13.1. The van der Waals surface area contributed by atoms with E-state index in [2.05, 4.69) is 62.5 Å². The number of urea groups is 1. The van der Waals surface area contributed by atoms with Gasteiger partial charge in [-0.1, -0.05) is 89.2 Å². The lowest BCUT2D eigenvalue weighted by Crippen LogP contribution is -2.21. The number of hydrogen-bond donors (Lipinski definition) is 2. The second-order valence-electron chi connectivity index (χ2n) is 11.6. The summed E-state index contributed by atoms with van der Waals surface area (Å²) >= 11 is 0. The number of fused-ring (bicyclic) bond motifs is 1. The molecule has 2 N–H and O–H groups in total. The zero-order chi connectivity index (χ0) is 26.9. The Kier molecular flexibility index (Phi) is 6.66. The minimum absolute atomic E-state index is 0.00682. The van der Waals surface area contributed by atoms with Crippen LogP contribution in [0.5, 0.6) is 0 Å². The van der Waals surface area contributed by atoms with E-state index in [4.69, 9.17) is 4.98 Å². The van der Waals surface area contributed by atoms with Crippen molar-refractivity contribution in [2.75, 3.05) is 10.6 Å². The predicted octanol–water partition coefficient (Wildman–Crippen LogP) is 7.60. The van der Waals surface area contributed by atoms with Gasteiger partial charge in [0.05, 0.1) is 18.1 Å². The molecule has 0 spiro atoms. The quantitative estimate of drug-likeness (QED) is 0.274. The number of nitrogens with one attached hydrogen (secondary N) is 2. The van der Waals surface area contributed by atoms with Crippen LogP contribution in [0.25, 0.3) is 11.3 Å². The molecule has 3 aromatic carbocycles. The number of rotatable bonds is 5. The number of aromatic nitrogens is 2. The van der Waals surface area contributed by atoms with E-state index < -0.39 is 0 Å². The Balaban J connectivity index is 1.57. The number of imidazole rings is 1. The third-order valence-corrected chi connectivity index (χ3v) is 7.20. The summed E-state index contributed by atoms with van der Waals surface area (Å²) in [6.07, 6.45) is 5.77. The zero-order valence-electron chi connectivity index (χ0n) is 22.7. The van der Waals surface area contributed by atoms with E-state index in [0.29, 0.717) is 11.6 Å². The van der Waals surface area contributed by atoms with Crippen molar-refractivity contribution < 1.29 is 4.79 Å². The maximum atomic E-state index is 12.9. The Morgan fingerprint density at radius 1 is 1.00 bits per heavy atom. The molecule has 0 bridgehead atoms. The van der Waals surface area contributed by atoms with Crippen molar-refractivity contribution >= 4 is 23.9 Å². The highest BCUT2D eigenvalue weighted by Gasteiger charge is 2.34. The fraction of sp³-hybridized carbons (Fsp3) is 0.281. The van der Waals surface area contributed by atoms with Gasteiger partial charge in [0.2, 0.25) is 5.95 Å². The average molecular weight is 506 g/mol. The van der Waals surface area contributed by atoms with E-state index in [-0.39, 0.29) is 16.9 Å². The molecule has 38 heavy (non-hydrogen) atoms. The molecule has 1 heterocycles. The first-order valence-corrected chi connectivity index (χ1v) is 13.1. The van der Waals surface area contributed by atoms with Crippen LogP contribution >= 0.6 is 0 Å². The predicted molar refractivity (Wildman–Crippen MR) is 156 cm³/mol. The summed E-state index contributed by atoms with van der Waals surface area (Å²) in [6, 6.07) is 23.5. The van der Waals surface area contributed by atoms with Gasteiger partial charge in [0.15, 0.2) is 0 Å². The second kappa shape index (κ2) is 9.93. The number of hydrogen-bond acceptors (Lipinski definition) is 3. The summed E-state index contributed by atoms with van der Waals surface area (Å²) in [5.74, 6) is 0.354. The van der Waals surface area contributed by atoms with E-state index in [1.165, 1.54) is 16.7 Å². The normalized spacial score (nSPS) is 14.4. The van der Waals surface area contributed by atoms with Crippen molar-refractivity contribution in [2.24, 2.45) is 5.10 Å². The first kappa shape index (κ1) is 25.5. The van der Waals surface area contributed by atoms with Crippen LogP contribution in [0, 0.1) is 0 Å². The van der Waals surface area contributed by atoms with Gasteiger partial charge in [-0.15, -0.1) is 0 Å². The van der Waals surface area contributed by atoms with Crippen LogP contribution in [0.15, 0.2) is 84.1 Å². The van der Waals surface area contributed by atoms with Crippen molar-refractivity contribution in [3.05, 3.63) is 101 Å². The molecule has 0 atom stereocenters. The third-order valence-electron chi connectivity index (χ3n) is 7.20. The molecule has 4 aromatic rings. The molecule has 194 valence electrons. The largest absolute Gasteiger partial charge is 0.326 e. The van der Waals surface area contributed by atoms with E-state index in [1.54, 1.807) is 10.9 Å². The first-order chi connectivity index (χ1) is 18.1. The Morgan fingerprint density at radius 3 is 2.37 bits per heavy atom. The number of benzene rings is 3. The summed E-state index contributed by atoms with van der Waals surface area (Å²) < 4.78 is 1.64. The molecule has 1 aromatic heterocycles. The van der Waals surface area contributed by atoms with E-state index in [0.717, 1.165) is 29.7 Å². The molecule has 5 rings (SSSR count). The zero-order valence-corrected chi connectivity index (χ0v) is 22.7. The minimum atomic E-state index is -0.376. The molecule has 6 nitrogen and oxygen atoms in total. The molecule has 1 aliphatic carbocycles. The fourth-order valence-electron chi connectivity index (χ4n) is 4.91. The van der Waals surface area contributed by atoms with Crippen molar-refractivity contribution in [1.29, 1.82) is 0 Å². The number of nitrogens with zero attached hydrogens (tertiary/aromatic N) is 3. The van der Waals surface area contributed by atoms with E-state index >= 15 is 0 Å². The number of carbonyl (C=O) groups excluding carboxylic acids is 1. The van der Waals surface area contributed by atoms with Gasteiger partial charge in [-0.2, -0.15) is 5.10 Å². The van der Waals surface area contributed by atoms with Crippen molar-refractivity contribution in [1.82, 2.24) is 9.66 Å². The maximum Gasteiger partial charge on any atom is 0.326 e. The molecule has 2 amide bonds. The fourth-order valence-corrected chi connectivity index (χ4v) is 4.91. The van der Waals surface area contributed by atoms with Crippen molar-refractivity contribution in [3.63, 3.8) is 0 Å². The summed E-state index contributed by atoms with van der Waals surface area (Å²) in [5, 5.41) is 10.4. The topological polar surface area (TPSA) is 71.3 Å². The van der Waals surface area contributed by atoms with Gasteiger partial charge in [0, 0.05) is 11.3 Å². The van der Waals surface area contributed by atoms with Crippen LogP contribution < -0.4 is 10.6 Å². The van der Waals surface area contributed by atoms with Crippen molar-refractivity contribution in [2.45, 2.75) is 58.3 Å². The van der Waals surface area contributed by atoms with Crippen LogP contribution in [0.1, 0.15) is 63.3 Å². The average Bonchev–Trinajstić information content (AvgIpc) is 3.42. The molecule has 0 aliphatic heterocycles. The SMILES string of the molecule is CC(C)(C)c1cc(-c2cn(/N=C/c3ccccc3)c(NC(=O)Nc3ccccc3)n2)c2c(c1)C(C)(C)CC2. The van der Waals surface area contributed by atoms with E-state index in [9.17, 15) is 4.79 Å².